The standard InChI is InChI=1S/C22H24FN3O4/c1-22(2,3)30-21(28)25-10-7-16(8-11-25)29-17-9-12-26(20(27)14-17)19-6-5-15(24-4)13-18(19)23/h5-6,9,12-14,16H,7-8,10-11H2,1-3H3. The Balaban J connectivity index is 1.63. The number of piperidine rings is 1. The first-order chi connectivity index (χ1) is 14.2. The van der Waals surface area contributed by atoms with Gasteiger partial charge in [-0.3, -0.25) is 9.36 Å². The maximum Gasteiger partial charge on any atom is 0.410 e. The molecular formula is C22H24FN3O4. The zero-order valence-corrected chi connectivity index (χ0v) is 17.2. The van der Waals surface area contributed by atoms with Crippen molar-refractivity contribution in [2.24, 2.45) is 0 Å². The Bertz CT molecular complexity index is 1030. The Morgan fingerprint density at radius 3 is 2.47 bits per heavy atom. The lowest BCUT2D eigenvalue weighted by molar-refractivity contribution is 0.0126. The average Bonchev–Trinajstić information content (AvgIpc) is 2.68. The van der Waals surface area contributed by atoms with Crippen LogP contribution in [-0.4, -0.2) is 40.4 Å². The first-order valence-corrected chi connectivity index (χ1v) is 9.71. The highest BCUT2D eigenvalue weighted by atomic mass is 19.1. The van der Waals surface area contributed by atoms with Crippen molar-refractivity contribution in [1.82, 2.24) is 9.47 Å². The van der Waals surface area contributed by atoms with Crippen molar-refractivity contribution in [3.05, 3.63) is 64.1 Å². The fraction of sp³-hybridized carbons (Fsp3) is 0.409. The van der Waals surface area contributed by atoms with Gasteiger partial charge in [0, 0.05) is 38.2 Å². The summed E-state index contributed by atoms with van der Waals surface area (Å²) in [5.41, 5.74) is -0.732. The van der Waals surface area contributed by atoms with Gasteiger partial charge in [-0.2, -0.15) is 0 Å². The highest BCUT2D eigenvalue weighted by Crippen LogP contribution is 2.22. The minimum atomic E-state index is -0.645. The average molecular weight is 413 g/mol. The molecule has 0 bridgehead atoms. The van der Waals surface area contributed by atoms with Crippen molar-refractivity contribution in [1.29, 1.82) is 0 Å². The zero-order valence-electron chi connectivity index (χ0n) is 17.2. The lowest BCUT2D eigenvalue weighted by Crippen LogP contribution is -2.44. The second-order valence-corrected chi connectivity index (χ2v) is 8.10. The second-order valence-electron chi connectivity index (χ2n) is 8.10. The zero-order chi connectivity index (χ0) is 21.9. The van der Waals surface area contributed by atoms with Crippen LogP contribution < -0.4 is 10.3 Å². The van der Waals surface area contributed by atoms with Crippen molar-refractivity contribution in [3.8, 4) is 11.4 Å². The molecule has 0 spiro atoms. The van der Waals surface area contributed by atoms with E-state index in [4.69, 9.17) is 16.0 Å². The molecule has 0 atom stereocenters. The molecule has 1 saturated heterocycles. The molecule has 158 valence electrons. The Kier molecular flexibility index (Phi) is 6.11. The van der Waals surface area contributed by atoms with Crippen LogP contribution in [0.15, 0.2) is 41.3 Å². The summed E-state index contributed by atoms with van der Waals surface area (Å²) >= 11 is 0. The summed E-state index contributed by atoms with van der Waals surface area (Å²) in [7, 11) is 0. The molecule has 0 N–H and O–H groups in total. The maximum atomic E-state index is 14.2. The predicted molar refractivity (Wildman–Crippen MR) is 110 cm³/mol. The summed E-state index contributed by atoms with van der Waals surface area (Å²) in [6.07, 6.45) is 2.22. The number of halogens is 1. The van der Waals surface area contributed by atoms with E-state index in [2.05, 4.69) is 4.85 Å². The fourth-order valence-electron chi connectivity index (χ4n) is 3.17. The van der Waals surface area contributed by atoms with Crippen molar-refractivity contribution >= 4 is 11.8 Å². The molecule has 0 radical (unpaired) electrons. The first kappa shape index (κ1) is 21.4. The van der Waals surface area contributed by atoms with Crippen LogP contribution in [0, 0.1) is 12.4 Å². The van der Waals surface area contributed by atoms with Crippen LogP contribution in [0.3, 0.4) is 0 Å². The number of carbonyl (C=O) groups is 1. The van der Waals surface area contributed by atoms with Crippen LogP contribution in [0.5, 0.6) is 5.75 Å². The Morgan fingerprint density at radius 2 is 1.90 bits per heavy atom. The highest BCUT2D eigenvalue weighted by Gasteiger charge is 2.27. The van der Waals surface area contributed by atoms with E-state index in [1.807, 2.05) is 20.8 Å². The minimum absolute atomic E-state index is 0.0737. The largest absolute Gasteiger partial charge is 0.490 e. The Labute approximate surface area is 174 Å². The quantitative estimate of drug-likeness (QED) is 0.704. The predicted octanol–water partition coefficient (Wildman–Crippen LogP) is 4.31. The molecule has 2 aromatic rings. The van der Waals surface area contributed by atoms with E-state index < -0.39 is 17.0 Å². The summed E-state index contributed by atoms with van der Waals surface area (Å²) in [4.78, 5) is 29.4. The molecular weight excluding hydrogens is 389 g/mol. The van der Waals surface area contributed by atoms with Gasteiger partial charge in [0.1, 0.15) is 23.3 Å². The van der Waals surface area contributed by atoms with Gasteiger partial charge in [-0.25, -0.2) is 14.0 Å². The lowest BCUT2D eigenvalue weighted by atomic mass is 10.1. The van der Waals surface area contributed by atoms with Crippen LogP contribution in [0.2, 0.25) is 0 Å². The molecule has 1 aliphatic rings. The molecule has 0 saturated carbocycles. The van der Waals surface area contributed by atoms with Crippen molar-refractivity contribution < 1.29 is 18.7 Å². The minimum Gasteiger partial charge on any atom is -0.490 e. The van der Waals surface area contributed by atoms with Gasteiger partial charge in [-0.1, -0.05) is 6.07 Å². The molecule has 7 nitrogen and oxygen atoms in total. The Morgan fingerprint density at radius 1 is 1.20 bits per heavy atom. The van der Waals surface area contributed by atoms with E-state index in [0.717, 1.165) is 6.07 Å². The van der Waals surface area contributed by atoms with Gasteiger partial charge in [0.2, 0.25) is 0 Å². The SMILES string of the molecule is [C-]#[N+]c1ccc(-n2ccc(OC3CCN(C(=O)OC(C)(C)C)CC3)cc2=O)c(F)c1. The number of hydrogen-bond acceptors (Lipinski definition) is 4. The van der Waals surface area contributed by atoms with E-state index in [1.54, 1.807) is 11.0 Å². The number of hydrogen-bond donors (Lipinski definition) is 0. The van der Waals surface area contributed by atoms with Gasteiger partial charge < -0.3 is 14.4 Å². The van der Waals surface area contributed by atoms with Gasteiger partial charge in [0.05, 0.1) is 12.3 Å². The van der Waals surface area contributed by atoms with Crippen LogP contribution >= 0.6 is 0 Å². The molecule has 0 unspecified atom stereocenters. The number of benzene rings is 1. The van der Waals surface area contributed by atoms with E-state index in [9.17, 15) is 14.0 Å². The number of aromatic nitrogens is 1. The number of nitrogens with zero attached hydrogens (tertiary/aromatic N) is 3. The number of ether oxygens (including phenoxy) is 2. The van der Waals surface area contributed by atoms with Crippen molar-refractivity contribution in [3.63, 3.8) is 0 Å². The number of likely N-dealkylation sites (tertiary alicyclic amines) is 1. The van der Waals surface area contributed by atoms with Crippen LogP contribution in [0.25, 0.3) is 10.5 Å². The van der Waals surface area contributed by atoms with Crippen LogP contribution in [0.1, 0.15) is 33.6 Å². The summed E-state index contributed by atoms with van der Waals surface area (Å²) in [5, 5.41) is 0. The topological polar surface area (TPSA) is 65.1 Å². The monoisotopic (exact) mass is 413 g/mol. The van der Waals surface area contributed by atoms with Crippen molar-refractivity contribution in [2.45, 2.75) is 45.3 Å². The third-order valence-corrected chi connectivity index (χ3v) is 4.61. The molecule has 8 heteroatoms. The smallest absolute Gasteiger partial charge is 0.410 e. The second kappa shape index (κ2) is 8.57. The normalized spacial score (nSPS) is 14.8. The summed E-state index contributed by atoms with van der Waals surface area (Å²) in [5.74, 6) is -0.251. The number of rotatable bonds is 3. The fourth-order valence-corrected chi connectivity index (χ4v) is 3.17. The molecule has 1 aromatic heterocycles. The van der Waals surface area contributed by atoms with Crippen LogP contribution in [-0.2, 0) is 4.74 Å². The molecule has 1 fully saturated rings. The van der Waals surface area contributed by atoms with Crippen LogP contribution in [0.4, 0.5) is 14.9 Å². The Hall–Kier alpha value is -3.34. The highest BCUT2D eigenvalue weighted by molar-refractivity contribution is 5.68. The molecule has 1 aliphatic heterocycles. The molecule has 3 rings (SSSR count). The lowest BCUT2D eigenvalue weighted by Gasteiger charge is -2.33. The molecule has 0 aliphatic carbocycles. The van der Waals surface area contributed by atoms with Gasteiger partial charge >= 0.3 is 6.09 Å². The van der Waals surface area contributed by atoms with Gasteiger partial charge in [-0.05, 0) is 39.0 Å². The number of carbonyl (C=O) groups excluding carboxylic acids is 1. The van der Waals surface area contributed by atoms with E-state index in [1.165, 1.54) is 29.0 Å². The van der Waals surface area contributed by atoms with Gasteiger partial charge in [0.15, 0.2) is 5.69 Å². The number of pyridine rings is 1. The number of amides is 1. The molecule has 30 heavy (non-hydrogen) atoms. The summed E-state index contributed by atoms with van der Waals surface area (Å²) < 4.78 is 26.6. The van der Waals surface area contributed by atoms with Gasteiger partial charge in [0.25, 0.3) is 5.56 Å². The van der Waals surface area contributed by atoms with Crippen molar-refractivity contribution in [2.75, 3.05) is 13.1 Å². The maximum absolute atomic E-state index is 14.2. The summed E-state index contributed by atoms with van der Waals surface area (Å²) in [6, 6.07) is 6.86. The first-order valence-electron chi connectivity index (χ1n) is 9.71. The molecule has 1 aromatic carbocycles. The van der Waals surface area contributed by atoms with Gasteiger partial charge in [-0.15, -0.1) is 0 Å². The molecule has 1 amide bonds. The summed E-state index contributed by atoms with van der Waals surface area (Å²) in [6.45, 7) is 13.4. The third kappa shape index (κ3) is 5.17. The molecule has 2 heterocycles. The van der Waals surface area contributed by atoms with E-state index >= 15 is 0 Å². The van der Waals surface area contributed by atoms with E-state index in [-0.39, 0.29) is 23.6 Å². The third-order valence-electron chi connectivity index (χ3n) is 4.61. The van der Waals surface area contributed by atoms with E-state index in [0.29, 0.717) is 31.7 Å².